The predicted molar refractivity (Wildman–Crippen MR) is 52.1 cm³/mol. The van der Waals surface area contributed by atoms with Gasteiger partial charge in [-0.05, 0) is 25.7 Å². The van der Waals surface area contributed by atoms with Crippen LogP contribution in [-0.4, -0.2) is 11.2 Å². The lowest BCUT2D eigenvalue weighted by Crippen LogP contribution is -2.38. The van der Waals surface area contributed by atoms with Crippen molar-refractivity contribution in [3.8, 4) is 0 Å². The van der Waals surface area contributed by atoms with Crippen LogP contribution >= 0.6 is 0 Å². The summed E-state index contributed by atoms with van der Waals surface area (Å²) < 4.78 is 0. The van der Waals surface area contributed by atoms with Crippen molar-refractivity contribution in [2.24, 2.45) is 22.7 Å². The zero-order chi connectivity index (χ0) is 9.59. The van der Waals surface area contributed by atoms with Crippen LogP contribution in [0.2, 0.25) is 0 Å². The van der Waals surface area contributed by atoms with Gasteiger partial charge in [0.05, 0.1) is 6.10 Å². The molecule has 4 bridgehead atoms. The summed E-state index contributed by atoms with van der Waals surface area (Å²) in [4.78, 5) is 0. The zero-order valence-corrected chi connectivity index (χ0v) is 8.46. The van der Waals surface area contributed by atoms with Gasteiger partial charge in [-0.1, -0.05) is 30.7 Å². The van der Waals surface area contributed by atoms with Crippen molar-refractivity contribution in [2.45, 2.75) is 26.9 Å². The Kier molecular flexibility index (Phi) is 0.995. The highest BCUT2D eigenvalue weighted by molar-refractivity contribution is 5.52. The lowest BCUT2D eigenvalue weighted by molar-refractivity contribution is 0.0368. The SMILES string of the molecule is C=C1[C@H]2[C@H]3C(C)=C[C@]1(C)C(O)[C@]32C. The second kappa shape index (κ2) is 1.66. The topological polar surface area (TPSA) is 20.2 Å². The van der Waals surface area contributed by atoms with E-state index in [1.54, 1.807) is 0 Å². The van der Waals surface area contributed by atoms with Crippen LogP contribution in [0.1, 0.15) is 20.8 Å². The summed E-state index contributed by atoms with van der Waals surface area (Å²) in [6.45, 7) is 10.7. The maximum absolute atomic E-state index is 10.2. The third-order valence-corrected chi connectivity index (χ3v) is 4.81. The van der Waals surface area contributed by atoms with E-state index in [4.69, 9.17) is 0 Å². The van der Waals surface area contributed by atoms with Crippen LogP contribution in [0.15, 0.2) is 23.8 Å². The van der Waals surface area contributed by atoms with Gasteiger partial charge in [0.1, 0.15) is 0 Å². The van der Waals surface area contributed by atoms with Gasteiger partial charge >= 0.3 is 0 Å². The highest BCUT2D eigenvalue weighted by Gasteiger charge is 2.78. The maximum Gasteiger partial charge on any atom is 0.0730 e. The van der Waals surface area contributed by atoms with Crippen molar-refractivity contribution < 1.29 is 5.11 Å². The molecule has 4 rings (SSSR count). The summed E-state index contributed by atoms with van der Waals surface area (Å²) in [7, 11) is 0. The standard InChI is InChI=1S/C12H16O/c1-6-5-11(3)7(2)9-8(6)12(9,4)10(11)13/h5,8-10,13H,2H2,1,3-4H3/t8-,9+,10?,11+,12-/m1/s1. The molecule has 0 spiro atoms. The van der Waals surface area contributed by atoms with Crippen LogP contribution in [0.5, 0.6) is 0 Å². The molecular weight excluding hydrogens is 160 g/mol. The molecule has 0 radical (unpaired) electrons. The van der Waals surface area contributed by atoms with E-state index in [9.17, 15) is 5.11 Å². The first-order valence-electron chi connectivity index (χ1n) is 5.00. The van der Waals surface area contributed by atoms with Crippen LogP contribution in [-0.2, 0) is 0 Å². The van der Waals surface area contributed by atoms with Crippen molar-refractivity contribution in [1.82, 2.24) is 0 Å². The summed E-state index contributed by atoms with van der Waals surface area (Å²) in [6, 6.07) is 0. The van der Waals surface area contributed by atoms with Crippen molar-refractivity contribution >= 4 is 0 Å². The molecule has 2 saturated carbocycles. The smallest absolute Gasteiger partial charge is 0.0730 e. The molecule has 5 atom stereocenters. The maximum atomic E-state index is 10.2. The molecule has 0 aromatic rings. The fraction of sp³-hybridized carbons (Fsp3) is 0.667. The Labute approximate surface area is 79.2 Å². The van der Waals surface area contributed by atoms with Crippen LogP contribution in [0.25, 0.3) is 0 Å². The summed E-state index contributed by atoms with van der Waals surface area (Å²) >= 11 is 0. The van der Waals surface area contributed by atoms with E-state index in [-0.39, 0.29) is 16.9 Å². The lowest BCUT2D eigenvalue weighted by atomic mass is 9.69. The van der Waals surface area contributed by atoms with Gasteiger partial charge in [-0.15, -0.1) is 0 Å². The molecule has 0 aliphatic heterocycles. The molecule has 13 heavy (non-hydrogen) atoms. The van der Waals surface area contributed by atoms with Gasteiger partial charge in [0.25, 0.3) is 0 Å². The fourth-order valence-electron chi connectivity index (χ4n) is 4.09. The minimum Gasteiger partial charge on any atom is -0.391 e. The molecule has 1 heteroatoms. The molecule has 1 unspecified atom stereocenters. The molecule has 0 aromatic carbocycles. The third-order valence-electron chi connectivity index (χ3n) is 4.81. The minimum absolute atomic E-state index is 0.127. The average molecular weight is 176 g/mol. The quantitative estimate of drug-likeness (QED) is 0.561. The molecule has 0 saturated heterocycles. The van der Waals surface area contributed by atoms with Crippen LogP contribution < -0.4 is 0 Å². The van der Waals surface area contributed by atoms with Crippen LogP contribution in [0.3, 0.4) is 0 Å². The van der Waals surface area contributed by atoms with Crippen molar-refractivity contribution in [2.75, 3.05) is 0 Å². The van der Waals surface area contributed by atoms with E-state index in [1.807, 2.05) is 0 Å². The van der Waals surface area contributed by atoms with E-state index in [0.717, 1.165) is 0 Å². The second-order valence-electron chi connectivity index (χ2n) is 5.42. The highest BCUT2D eigenvalue weighted by atomic mass is 16.3. The number of aliphatic hydroxyl groups excluding tert-OH is 1. The molecule has 1 N–H and O–H groups in total. The summed E-state index contributed by atoms with van der Waals surface area (Å²) in [5.74, 6) is 1.16. The van der Waals surface area contributed by atoms with Crippen LogP contribution in [0, 0.1) is 22.7 Å². The normalized spacial score (nSPS) is 62.3. The zero-order valence-electron chi connectivity index (χ0n) is 8.46. The molecule has 4 aliphatic rings. The Balaban J connectivity index is 2.27. The fourth-order valence-corrected chi connectivity index (χ4v) is 4.09. The predicted octanol–water partition coefficient (Wildman–Crippen LogP) is 2.14. The molecule has 0 heterocycles. The van der Waals surface area contributed by atoms with Crippen molar-refractivity contribution in [3.63, 3.8) is 0 Å². The van der Waals surface area contributed by atoms with Gasteiger partial charge in [-0.3, -0.25) is 0 Å². The lowest BCUT2D eigenvalue weighted by Gasteiger charge is -2.38. The molecule has 0 amide bonds. The van der Waals surface area contributed by atoms with E-state index in [2.05, 4.69) is 33.4 Å². The number of hydrogen-bond donors (Lipinski definition) is 1. The Morgan fingerprint density at radius 1 is 1.38 bits per heavy atom. The molecule has 2 fully saturated rings. The van der Waals surface area contributed by atoms with Gasteiger partial charge in [-0.2, -0.15) is 0 Å². The average Bonchev–Trinajstić information content (AvgIpc) is 2.65. The molecule has 1 nitrogen and oxygen atoms in total. The van der Waals surface area contributed by atoms with Gasteiger partial charge in [0.2, 0.25) is 0 Å². The molecule has 0 aromatic heterocycles. The summed E-state index contributed by atoms with van der Waals surface area (Å²) in [5.41, 5.74) is 2.73. The molecule has 70 valence electrons. The molecule has 4 aliphatic carbocycles. The van der Waals surface area contributed by atoms with Crippen LogP contribution in [0.4, 0.5) is 0 Å². The number of allylic oxidation sites excluding steroid dienone is 1. The van der Waals surface area contributed by atoms with Gasteiger partial charge in [0, 0.05) is 10.8 Å². The monoisotopic (exact) mass is 176 g/mol. The Hall–Kier alpha value is -0.560. The van der Waals surface area contributed by atoms with Crippen molar-refractivity contribution in [3.05, 3.63) is 23.8 Å². The first-order valence-corrected chi connectivity index (χ1v) is 5.00. The summed E-state index contributed by atoms with van der Waals surface area (Å²) in [5, 5.41) is 10.2. The van der Waals surface area contributed by atoms with E-state index in [1.165, 1.54) is 11.1 Å². The van der Waals surface area contributed by atoms with Crippen molar-refractivity contribution in [1.29, 1.82) is 0 Å². The number of aliphatic hydroxyl groups is 1. The van der Waals surface area contributed by atoms with Gasteiger partial charge < -0.3 is 5.11 Å². The van der Waals surface area contributed by atoms with Gasteiger partial charge in [-0.25, -0.2) is 0 Å². The van der Waals surface area contributed by atoms with E-state index in [0.29, 0.717) is 11.8 Å². The summed E-state index contributed by atoms with van der Waals surface area (Å²) in [6.07, 6.45) is 2.03. The highest BCUT2D eigenvalue weighted by Crippen LogP contribution is 2.80. The first kappa shape index (κ1) is 7.81. The first-order chi connectivity index (χ1) is 5.94. The second-order valence-corrected chi connectivity index (χ2v) is 5.42. The van der Waals surface area contributed by atoms with E-state index < -0.39 is 0 Å². The Morgan fingerprint density at radius 2 is 2.00 bits per heavy atom. The number of hydrogen-bond acceptors (Lipinski definition) is 1. The largest absolute Gasteiger partial charge is 0.391 e. The minimum atomic E-state index is -0.203. The number of rotatable bonds is 0. The molecular formula is C12H16O. The Bertz CT molecular complexity index is 354. The van der Waals surface area contributed by atoms with E-state index >= 15 is 0 Å². The Morgan fingerprint density at radius 3 is 2.38 bits per heavy atom. The van der Waals surface area contributed by atoms with Gasteiger partial charge in [0.15, 0.2) is 0 Å². The third kappa shape index (κ3) is 0.516.